The SMILES string of the molecule is Cc1[nH]n(-c2ccccc2)c(=O)c1C=Nc1ccc(Cl)cc1C(F)(F)F. The maximum absolute atomic E-state index is 13.1. The van der Waals surface area contributed by atoms with Crippen LogP contribution in [0, 0.1) is 6.92 Å². The highest BCUT2D eigenvalue weighted by atomic mass is 35.5. The van der Waals surface area contributed by atoms with Gasteiger partial charge >= 0.3 is 6.18 Å². The van der Waals surface area contributed by atoms with Crippen LogP contribution in [0.5, 0.6) is 0 Å². The molecule has 0 atom stereocenters. The number of H-pyrrole nitrogens is 1. The molecule has 1 aromatic heterocycles. The topological polar surface area (TPSA) is 50.1 Å². The summed E-state index contributed by atoms with van der Waals surface area (Å²) >= 11 is 5.65. The van der Waals surface area contributed by atoms with Gasteiger partial charge in [-0.2, -0.15) is 13.2 Å². The number of aromatic amines is 1. The fourth-order valence-electron chi connectivity index (χ4n) is 2.45. The van der Waals surface area contributed by atoms with Crippen LogP contribution in [0.2, 0.25) is 5.02 Å². The summed E-state index contributed by atoms with van der Waals surface area (Å²) in [6.07, 6.45) is -3.47. The van der Waals surface area contributed by atoms with Gasteiger partial charge in [-0.15, -0.1) is 0 Å². The van der Waals surface area contributed by atoms with Crippen LogP contribution in [-0.4, -0.2) is 16.0 Å². The fraction of sp³-hybridized carbons (Fsp3) is 0.111. The predicted molar refractivity (Wildman–Crippen MR) is 94.8 cm³/mol. The molecule has 0 saturated heterocycles. The van der Waals surface area contributed by atoms with Crippen molar-refractivity contribution in [1.82, 2.24) is 9.78 Å². The smallest absolute Gasteiger partial charge is 0.295 e. The fourth-order valence-corrected chi connectivity index (χ4v) is 2.62. The molecular weight excluding hydrogens is 367 g/mol. The molecule has 8 heteroatoms. The minimum absolute atomic E-state index is 0.0412. The standard InChI is InChI=1S/C18H13ClF3N3O/c1-11-14(17(26)25(24-11)13-5-3-2-4-6-13)10-23-16-8-7-12(19)9-15(16)18(20,21)22/h2-10,24H,1H3. The molecule has 0 unspecified atom stereocenters. The Kier molecular flexibility index (Phi) is 4.73. The summed E-state index contributed by atoms with van der Waals surface area (Å²) in [4.78, 5) is 16.4. The summed E-state index contributed by atoms with van der Waals surface area (Å²) < 4.78 is 40.7. The molecule has 0 radical (unpaired) electrons. The third-order valence-corrected chi connectivity index (χ3v) is 3.96. The quantitative estimate of drug-likeness (QED) is 0.647. The minimum Gasteiger partial charge on any atom is -0.295 e. The van der Waals surface area contributed by atoms with Gasteiger partial charge < -0.3 is 0 Å². The number of nitrogens with one attached hydrogen (secondary N) is 1. The van der Waals surface area contributed by atoms with E-state index in [1.807, 2.05) is 6.07 Å². The molecule has 0 aliphatic rings. The zero-order valence-corrected chi connectivity index (χ0v) is 14.3. The lowest BCUT2D eigenvalue weighted by Crippen LogP contribution is -2.17. The zero-order valence-electron chi connectivity index (χ0n) is 13.5. The van der Waals surface area contributed by atoms with Gasteiger partial charge in [0, 0.05) is 16.9 Å². The van der Waals surface area contributed by atoms with Crippen LogP contribution in [0.1, 0.15) is 16.8 Å². The zero-order chi connectivity index (χ0) is 18.9. The number of aromatic nitrogens is 2. The third kappa shape index (κ3) is 3.57. The largest absolute Gasteiger partial charge is 0.418 e. The van der Waals surface area contributed by atoms with Gasteiger partial charge in [0.25, 0.3) is 5.56 Å². The van der Waals surface area contributed by atoms with E-state index in [1.165, 1.54) is 16.8 Å². The average Bonchev–Trinajstić information content (AvgIpc) is 2.88. The van der Waals surface area contributed by atoms with Crippen molar-refractivity contribution in [2.24, 2.45) is 4.99 Å². The maximum atomic E-state index is 13.1. The first-order chi connectivity index (χ1) is 12.3. The van der Waals surface area contributed by atoms with Crippen LogP contribution < -0.4 is 5.56 Å². The molecule has 1 heterocycles. The molecule has 3 rings (SSSR count). The molecular formula is C18H13ClF3N3O. The van der Waals surface area contributed by atoms with Gasteiger partial charge in [-0.05, 0) is 37.3 Å². The van der Waals surface area contributed by atoms with E-state index in [0.29, 0.717) is 11.4 Å². The second kappa shape index (κ2) is 6.84. The van der Waals surface area contributed by atoms with Crippen LogP contribution in [0.15, 0.2) is 58.3 Å². The lowest BCUT2D eigenvalue weighted by Gasteiger charge is -2.09. The highest BCUT2D eigenvalue weighted by molar-refractivity contribution is 6.30. The summed E-state index contributed by atoms with van der Waals surface area (Å²) in [6.45, 7) is 1.65. The number of para-hydroxylation sites is 1. The second-order valence-corrected chi connectivity index (χ2v) is 5.98. The van der Waals surface area contributed by atoms with E-state index < -0.39 is 17.3 Å². The highest BCUT2D eigenvalue weighted by Crippen LogP contribution is 2.37. The van der Waals surface area contributed by atoms with E-state index in [1.54, 1.807) is 31.2 Å². The van der Waals surface area contributed by atoms with Gasteiger partial charge in [0.1, 0.15) is 0 Å². The highest BCUT2D eigenvalue weighted by Gasteiger charge is 2.33. The van der Waals surface area contributed by atoms with Crippen molar-refractivity contribution < 1.29 is 13.2 Å². The van der Waals surface area contributed by atoms with Gasteiger partial charge in [0.2, 0.25) is 0 Å². The van der Waals surface area contributed by atoms with E-state index >= 15 is 0 Å². The van der Waals surface area contributed by atoms with Crippen molar-refractivity contribution in [3.05, 3.63) is 80.7 Å². The van der Waals surface area contributed by atoms with E-state index in [-0.39, 0.29) is 16.3 Å². The number of benzene rings is 2. The molecule has 0 aliphatic heterocycles. The number of hydrogen-bond acceptors (Lipinski definition) is 2. The molecule has 0 bridgehead atoms. The normalized spacial score (nSPS) is 12.0. The lowest BCUT2D eigenvalue weighted by atomic mass is 10.1. The van der Waals surface area contributed by atoms with E-state index in [2.05, 4.69) is 10.1 Å². The van der Waals surface area contributed by atoms with Crippen molar-refractivity contribution in [2.45, 2.75) is 13.1 Å². The van der Waals surface area contributed by atoms with Crippen molar-refractivity contribution in [3.63, 3.8) is 0 Å². The first-order valence-electron chi connectivity index (χ1n) is 7.55. The molecule has 1 N–H and O–H groups in total. The van der Waals surface area contributed by atoms with Gasteiger partial charge in [-0.25, -0.2) is 4.68 Å². The lowest BCUT2D eigenvalue weighted by molar-refractivity contribution is -0.137. The van der Waals surface area contributed by atoms with Crippen LogP contribution in [0.3, 0.4) is 0 Å². The van der Waals surface area contributed by atoms with Crippen LogP contribution in [0.25, 0.3) is 5.69 Å². The molecule has 0 spiro atoms. The minimum atomic E-state index is -4.60. The van der Waals surface area contributed by atoms with Crippen molar-refractivity contribution in [2.75, 3.05) is 0 Å². The Labute approximate surface area is 151 Å². The summed E-state index contributed by atoms with van der Waals surface area (Å²) in [7, 11) is 0. The number of alkyl halides is 3. The number of rotatable bonds is 3. The predicted octanol–water partition coefficient (Wildman–Crippen LogP) is 4.90. The molecule has 2 aromatic carbocycles. The Morgan fingerprint density at radius 2 is 1.85 bits per heavy atom. The molecule has 26 heavy (non-hydrogen) atoms. The molecule has 134 valence electrons. The number of nitrogens with zero attached hydrogens (tertiary/aromatic N) is 2. The summed E-state index contributed by atoms with van der Waals surface area (Å²) in [6, 6.07) is 12.1. The Hall–Kier alpha value is -2.80. The Balaban J connectivity index is 2.04. The van der Waals surface area contributed by atoms with E-state index in [4.69, 9.17) is 11.6 Å². The van der Waals surface area contributed by atoms with Crippen molar-refractivity contribution in [1.29, 1.82) is 0 Å². The number of hydrogen-bond donors (Lipinski definition) is 1. The molecule has 0 amide bonds. The van der Waals surface area contributed by atoms with Crippen LogP contribution in [0.4, 0.5) is 18.9 Å². The second-order valence-electron chi connectivity index (χ2n) is 5.54. The average molecular weight is 380 g/mol. The summed E-state index contributed by atoms with van der Waals surface area (Å²) in [5.41, 5.74) is -0.393. The first-order valence-corrected chi connectivity index (χ1v) is 7.93. The van der Waals surface area contributed by atoms with Crippen LogP contribution >= 0.6 is 11.6 Å². The van der Waals surface area contributed by atoms with Gasteiger partial charge in [-0.1, -0.05) is 29.8 Å². The van der Waals surface area contributed by atoms with Crippen molar-refractivity contribution in [3.8, 4) is 5.69 Å². The summed E-state index contributed by atoms with van der Waals surface area (Å²) in [5, 5.41) is 2.85. The van der Waals surface area contributed by atoms with Crippen molar-refractivity contribution >= 4 is 23.5 Å². The molecule has 3 aromatic rings. The Morgan fingerprint density at radius 1 is 1.15 bits per heavy atom. The number of halogens is 4. The molecule has 0 aliphatic carbocycles. The van der Waals surface area contributed by atoms with Gasteiger partial charge in [-0.3, -0.25) is 14.9 Å². The van der Waals surface area contributed by atoms with Gasteiger partial charge in [0.05, 0.1) is 22.5 Å². The summed E-state index contributed by atoms with van der Waals surface area (Å²) in [5.74, 6) is 0. The van der Waals surface area contributed by atoms with E-state index in [9.17, 15) is 18.0 Å². The number of aliphatic imine (C=N–C) groups is 1. The first kappa shape index (κ1) is 18.0. The molecule has 0 fully saturated rings. The van der Waals surface area contributed by atoms with E-state index in [0.717, 1.165) is 12.3 Å². The number of aryl methyl sites for hydroxylation is 1. The Morgan fingerprint density at radius 3 is 2.50 bits per heavy atom. The maximum Gasteiger partial charge on any atom is 0.418 e. The Bertz CT molecular complexity index is 1020. The molecule has 0 saturated carbocycles. The van der Waals surface area contributed by atoms with Crippen LogP contribution in [-0.2, 0) is 6.18 Å². The van der Waals surface area contributed by atoms with Gasteiger partial charge in [0.15, 0.2) is 0 Å². The third-order valence-electron chi connectivity index (χ3n) is 3.73. The molecule has 4 nitrogen and oxygen atoms in total. The monoisotopic (exact) mass is 379 g/mol.